The van der Waals surface area contributed by atoms with E-state index in [2.05, 4.69) is 10.6 Å². The third kappa shape index (κ3) is 3.36. The topological polar surface area (TPSA) is 85.1 Å². The van der Waals surface area contributed by atoms with Crippen molar-refractivity contribution in [3.8, 4) is 0 Å². The third-order valence-electron chi connectivity index (χ3n) is 3.38. The first-order valence-electron chi connectivity index (χ1n) is 6.74. The van der Waals surface area contributed by atoms with Crippen molar-refractivity contribution in [3.63, 3.8) is 0 Å². The summed E-state index contributed by atoms with van der Waals surface area (Å²) in [5.41, 5.74) is -0.0961. The fraction of sp³-hybridized carbons (Fsp3) is 0.615. The second kappa shape index (κ2) is 6.04. The Morgan fingerprint density at radius 1 is 1.30 bits per heavy atom. The predicted octanol–water partition coefficient (Wildman–Crippen LogP) is -1.30. The van der Waals surface area contributed by atoms with Crippen LogP contribution in [0.5, 0.6) is 0 Å². The molecule has 0 aromatic carbocycles. The molecule has 1 amide bonds. The van der Waals surface area contributed by atoms with Crippen LogP contribution in [0.25, 0.3) is 0 Å². The molecule has 110 valence electrons. The lowest BCUT2D eigenvalue weighted by molar-refractivity contribution is -0.122. The number of hydrogen-bond donors (Lipinski definition) is 2. The second-order valence-electron chi connectivity index (χ2n) is 5.15. The van der Waals surface area contributed by atoms with Crippen LogP contribution in [-0.2, 0) is 25.4 Å². The first kappa shape index (κ1) is 14.5. The molecular formula is C13H20N4O3. The van der Waals surface area contributed by atoms with E-state index in [1.54, 1.807) is 13.2 Å². The summed E-state index contributed by atoms with van der Waals surface area (Å²) in [7, 11) is 3.07. The molecule has 0 bridgehead atoms. The molecule has 0 spiro atoms. The largest absolute Gasteiger partial charge is 0.355 e. The van der Waals surface area contributed by atoms with E-state index in [-0.39, 0.29) is 23.1 Å². The molecule has 1 aromatic heterocycles. The molecule has 0 radical (unpaired) electrons. The zero-order valence-corrected chi connectivity index (χ0v) is 11.8. The van der Waals surface area contributed by atoms with Crippen molar-refractivity contribution in [2.24, 2.45) is 20.0 Å². The van der Waals surface area contributed by atoms with Gasteiger partial charge < -0.3 is 15.2 Å². The molecule has 20 heavy (non-hydrogen) atoms. The van der Waals surface area contributed by atoms with E-state index in [9.17, 15) is 14.4 Å². The molecule has 0 atom stereocenters. The van der Waals surface area contributed by atoms with E-state index in [0.29, 0.717) is 25.2 Å². The lowest BCUT2D eigenvalue weighted by Gasteiger charge is -2.08. The van der Waals surface area contributed by atoms with Gasteiger partial charge in [0.2, 0.25) is 5.91 Å². The summed E-state index contributed by atoms with van der Waals surface area (Å²) >= 11 is 0. The van der Waals surface area contributed by atoms with Crippen molar-refractivity contribution in [2.45, 2.75) is 19.4 Å². The SMILES string of the molecule is Cn1cc(CNCCNC(=O)C2CC2)c(=O)n(C)c1=O. The van der Waals surface area contributed by atoms with Crippen LogP contribution >= 0.6 is 0 Å². The van der Waals surface area contributed by atoms with Gasteiger partial charge >= 0.3 is 5.69 Å². The Kier molecular flexibility index (Phi) is 4.39. The fourth-order valence-corrected chi connectivity index (χ4v) is 1.99. The smallest absolute Gasteiger partial charge is 0.330 e. The van der Waals surface area contributed by atoms with Gasteiger partial charge in [0.15, 0.2) is 0 Å². The van der Waals surface area contributed by atoms with E-state index in [1.165, 1.54) is 11.6 Å². The van der Waals surface area contributed by atoms with E-state index in [1.807, 2.05) is 0 Å². The average molecular weight is 280 g/mol. The van der Waals surface area contributed by atoms with Gasteiger partial charge in [0, 0.05) is 51.4 Å². The van der Waals surface area contributed by atoms with Gasteiger partial charge in [0.05, 0.1) is 0 Å². The van der Waals surface area contributed by atoms with Gasteiger partial charge in [-0.2, -0.15) is 0 Å². The summed E-state index contributed by atoms with van der Waals surface area (Å²) in [5, 5.41) is 5.93. The maximum atomic E-state index is 11.9. The van der Waals surface area contributed by atoms with E-state index < -0.39 is 0 Å². The molecule has 0 saturated heterocycles. The molecule has 2 N–H and O–H groups in total. The molecule has 1 heterocycles. The van der Waals surface area contributed by atoms with Gasteiger partial charge in [-0.3, -0.25) is 14.2 Å². The average Bonchev–Trinajstić information content (AvgIpc) is 3.25. The lowest BCUT2D eigenvalue weighted by Crippen LogP contribution is -2.40. The number of amides is 1. The highest BCUT2D eigenvalue weighted by molar-refractivity contribution is 5.80. The molecule has 1 aliphatic carbocycles. The minimum absolute atomic E-state index is 0.116. The van der Waals surface area contributed by atoms with Gasteiger partial charge in [-0.05, 0) is 12.8 Å². The highest BCUT2D eigenvalue weighted by Gasteiger charge is 2.28. The summed E-state index contributed by atoms with van der Waals surface area (Å²) in [6, 6.07) is 0. The summed E-state index contributed by atoms with van der Waals surface area (Å²) in [4.78, 5) is 34.8. The molecule has 1 aromatic rings. The van der Waals surface area contributed by atoms with Crippen LogP contribution in [0.1, 0.15) is 18.4 Å². The highest BCUT2D eigenvalue weighted by atomic mass is 16.2. The molecule has 2 rings (SSSR count). The Balaban J connectivity index is 1.80. The van der Waals surface area contributed by atoms with E-state index in [0.717, 1.165) is 17.4 Å². The molecule has 7 nitrogen and oxygen atoms in total. The number of nitrogens with one attached hydrogen (secondary N) is 2. The number of nitrogens with zero attached hydrogens (tertiary/aromatic N) is 2. The Hall–Kier alpha value is -1.89. The van der Waals surface area contributed by atoms with Crippen molar-refractivity contribution in [2.75, 3.05) is 13.1 Å². The monoisotopic (exact) mass is 280 g/mol. The Labute approximate surface area is 116 Å². The molecular weight excluding hydrogens is 260 g/mol. The summed E-state index contributed by atoms with van der Waals surface area (Å²) in [5.74, 6) is 0.329. The van der Waals surface area contributed by atoms with Crippen LogP contribution in [0.15, 0.2) is 15.8 Å². The summed E-state index contributed by atoms with van der Waals surface area (Å²) in [6.07, 6.45) is 3.53. The summed E-state index contributed by atoms with van der Waals surface area (Å²) < 4.78 is 2.47. The van der Waals surface area contributed by atoms with Crippen LogP contribution in [0, 0.1) is 5.92 Å². The van der Waals surface area contributed by atoms with Crippen LogP contribution in [0.2, 0.25) is 0 Å². The third-order valence-corrected chi connectivity index (χ3v) is 3.38. The van der Waals surface area contributed by atoms with E-state index >= 15 is 0 Å². The van der Waals surface area contributed by atoms with Gasteiger partial charge in [0.25, 0.3) is 5.56 Å². The molecule has 1 saturated carbocycles. The van der Waals surface area contributed by atoms with Crippen molar-refractivity contribution < 1.29 is 4.79 Å². The Bertz CT molecular complexity index is 613. The van der Waals surface area contributed by atoms with Crippen LogP contribution in [0.4, 0.5) is 0 Å². The van der Waals surface area contributed by atoms with Crippen molar-refractivity contribution in [3.05, 3.63) is 32.6 Å². The van der Waals surface area contributed by atoms with Crippen LogP contribution in [0.3, 0.4) is 0 Å². The van der Waals surface area contributed by atoms with Gasteiger partial charge in [-0.15, -0.1) is 0 Å². The van der Waals surface area contributed by atoms with Crippen LogP contribution in [-0.4, -0.2) is 28.1 Å². The number of aryl methyl sites for hydroxylation is 1. The number of aromatic nitrogens is 2. The quantitative estimate of drug-likeness (QED) is 0.634. The maximum absolute atomic E-state index is 11.9. The number of carbonyl (C=O) groups excluding carboxylic acids is 1. The van der Waals surface area contributed by atoms with E-state index in [4.69, 9.17) is 0 Å². The number of carbonyl (C=O) groups is 1. The molecule has 0 aliphatic heterocycles. The van der Waals surface area contributed by atoms with Crippen LogP contribution < -0.4 is 21.9 Å². The fourth-order valence-electron chi connectivity index (χ4n) is 1.99. The summed E-state index contributed by atoms with van der Waals surface area (Å²) in [6.45, 7) is 1.51. The Morgan fingerprint density at radius 2 is 2.00 bits per heavy atom. The minimum Gasteiger partial charge on any atom is -0.355 e. The molecule has 7 heteroatoms. The highest BCUT2D eigenvalue weighted by Crippen LogP contribution is 2.28. The standard InChI is InChI=1S/C13H20N4O3/c1-16-8-10(12(19)17(2)13(16)20)7-14-5-6-15-11(18)9-3-4-9/h8-9,14H,3-7H2,1-2H3,(H,15,18). The van der Waals surface area contributed by atoms with Crippen molar-refractivity contribution in [1.29, 1.82) is 0 Å². The predicted molar refractivity (Wildman–Crippen MR) is 74.4 cm³/mol. The van der Waals surface area contributed by atoms with Gasteiger partial charge in [0.1, 0.15) is 0 Å². The molecule has 0 unspecified atom stereocenters. The van der Waals surface area contributed by atoms with Gasteiger partial charge in [-0.25, -0.2) is 4.79 Å². The second-order valence-corrected chi connectivity index (χ2v) is 5.15. The normalized spacial score (nSPS) is 14.3. The molecule has 1 aliphatic rings. The zero-order chi connectivity index (χ0) is 14.7. The molecule has 1 fully saturated rings. The van der Waals surface area contributed by atoms with Gasteiger partial charge in [-0.1, -0.05) is 0 Å². The first-order valence-corrected chi connectivity index (χ1v) is 6.74. The maximum Gasteiger partial charge on any atom is 0.330 e. The number of rotatable bonds is 6. The van der Waals surface area contributed by atoms with Crippen molar-refractivity contribution in [1.82, 2.24) is 19.8 Å². The first-order chi connectivity index (χ1) is 9.50. The lowest BCUT2D eigenvalue weighted by atomic mass is 10.3. The zero-order valence-electron chi connectivity index (χ0n) is 11.8. The minimum atomic E-state index is -0.338. The Morgan fingerprint density at radius 3 is 2.65 bits per heavy atom. The van der Waals surface area contributed by atoms with Crippen molar-refractivity contribution >= 4 is 5.91 Å². The number of hydrogen-bond acceptors (Lipinski definition) is 4.